The Morgan fingerprint density at radius 2 is 1.91 bits per heavy atom. The molecule has 3 heterocycles. The van der Waals surface area contributed by atoms with E-state index in [1.54, 1.807) is 28.0 Å². The molecule has 0 N–H and O–H groups in total. The van der Waals surface area contributed by atoms with Crippen molar-refractivity contribution in [3.05, 3.63) is 78.1 Å². The molecule has 3 aromatic heterocycles. The summed E-state index contributed by atoms with van der Waals surface area (Å²) < 4.78 is 14.9. The summed E-state index contributed by atoms with van der Waals surface area (Å²) in [4.78, 5) is 20.9. The minimum Gasteiger partial charge on any atom is -0.334 e. The summed E-state index contributed by atoms with van der Waals surface area (Å²) in [6.45, 7) is 6.93. The summed E-state index contributed by atoms with van der Waals surface area (Å²) in [5, 5.41) is 12.9. The van der Waals surface area contributed by atoms with Gasteiger partial charge >= 0.3 is 0 Å². The lowest BCUT2D eigenvalue weighted by Crippen LogP contribution is -2.41. The molecule has 32 heavy (non-hydrogen) atoms. The summed E-state index contributed by atoms with van der Waals surface area (Å²) in [5.74, 6) is -0.483. The zero-order chi connectivity index (χ0) is 22.7. The van der Waals surface area contributed by atoms with Crippen LogP contribution in [0.15, 0.2) is 61.2 Å². The first kappa shape index (κ1) is 21.4. The molecule has 1 aromatic carbocycles. The summed E-state index contributed by atoms with van der Waals surface area (Å²) >= 11 is 0. The van der Waals surface area contributed by atoms with Crippen LogP contribution in [-0.2, 0) is 6.54 Å². The van der Waals surface area contributed by atoms with Crippen LogP contribution in [0.5, 0.6) is 0 Å². The van der Waals surface area contributed by atoms with Crippen molar-refractivity contribution in [2.24, 2.45) is 0 Å². The number of carbonyl (C=O) groups is 1. The number of pyridine rings is 1. The summed E-state index contributed by atoms with van der Waals surface area (Å²) in [5.41, 5.74) is 3.41. The van der Waals surface area contributed by atoms with Crippen LogP contribution in [0.4, 0.5) is 4.39 Å². The Bertz CT molecular complexity index is 1200. The topological polar surface area (TPSA) is 81.7 Å². The molecule has 1 atom stereocenters. The first-order valence-electron chi connectivity index (χ1n) is 10.4. The molecule has 0 bridgehead atoms. The van der Waals surface area contributed by atoms with Crippen molar-refractivity contribution in [2.45, 2.75) is 33.4 Å². The number of likely N-dealkylation sites (N-methyl/N-ethyl adjacent to an activating group) is 1. The summed E-state index contributed by atoms with van der Waals surface area (Å²) in [6, 6.07) is 10.3. The van der Waals surface area contributed by atoms with Crippen molar-refractivity contribution < 1.29 is 9.18 Å². The minimum atomic E-state index is -0.389. The molecular weight excluding hydrogens is 409 g/mol. The number of hydrogen-bond donors (Lipinski definition) is 0. The average Bonchev–Trinajstić information content (AvgIpc) is 3.47. The Kier molecular flexibility index (Phi) is 6.07. The molecule has 8 nitrogen and oxygen atoms in total. The van der Waals surface area contributed by atoms with Gasteiger partial charge in [-0.2, -0.15) is 20.1 Å². The fraction of sp³-hybridized carbons (Fsp3) is 0.261. The van der Waals surface area contributed by atoms with Gasteiger partial charge in [-0.15, -0.1) is 0 Å². The third-order valence-electron chi connectivity index (χ3n) is 5.23. The molecule has 1 amide bonds. The van der Waals surface area contributed by atoms with Gasteiger partial charge in [0, 0.05) is 18.8 Å². The molecule has 0 aliphatic rings. The second-order valence-corrected chi connectivity index (χ2v) is 7.56. The molecule has 164 valence electrons. The van der Waals surface area contributed by atoms with Crippen molar-refractivity contribution in [3.63, 3.8) is 0 Å². The Morgan fingerprint density at radius 1 is 1.12 bits per heavy atom. The zero-order valence-corrected chi connectivity index (χ0v) is 18.2. The van der Waals surface area contributed by atoms with Crippen LogP contribution in [-0.4, -0.2) is 53.2 Å². The lowest BCUT2D eigenvalue weighted by atomic mass is 10.1. The fourth-order valence-electron chi connectivity index (χ4n) is 3.64. The van der Waals surface area contributed by atoms with Gasteiger partial charge in [-0.05, 0) is 51.1 Å². The second-order valence-electron chi connectivity index (χ2n) is 7.56. The third-order valence-corrected chi connectivity index (χ3v) is 5.23. The molecule has 0 unspecified atom stereocenters. The average molecular weight is 433 g/mol. The van der Waals surface area contributed by atoms with E-state index in [-0.39, 0.29) is 17.8 Å². The molecule has 9 heteroatoms. The van der Waals surface area contributed by atoms with E-state index in [1.807, 2.05) is 51.2 Å². The van der Waals surface area contributed by atoms with E-state index in [0.29, 0.717) is 35.7 Å². The molecule has 0 aliphatic heterocycles. The Labute approximate surface area is 185 Å². The first-order valence-corrected chi connectivity index (χ1v) is 10.4. The molecular formula is C23H24FN7O. The number of aryl methyl sites for hydroxylation is 1. The van der Waals surface area contributed by atoms with Crippen molar-refractivity contribution in [1.29, 1.82) is 0 Å². The zero-order valence-electron chi connectivity index (χ0n) is 18.2. The van der Waals surface area contributed by atoms with Gasteiger partial charge in [-0.3, -0.25) is 14.5 Å². The quantitative estimate of drug-likeness (QED) is 0.445. The van der Waals surface area contributed by atoms with Gasteiger partial charge in [-0.25, -0.2) is 4.39 Å². The highest BCUT2D eigenvalue weighted by atomic mass is 19.1. The van der Waals surface area contributed by atoms with Crippen LogP contribution in [0.3, 0.4) is 0 Å². The van der Waals surface area contributed by atoms with Gasteiger partial charge in [-0.1, -0.05) is 11.6 Å². The van der Waals surface area contributed by atoms with Crippen LogP contribution in [0.25, 0.3) is 17.1 Å². The minimum absolute atomic E-state index is 0.0939. The number of amides is 1. The number of rotatable bonds is 7. The summed E-state index contributed by atoms with van der Waals surface area (Å²) in [6.07, 6.45) is 6.17. The number of nitrogens with zero attached hydrogens (tertiary/aromatic N) is 7. The Hall–Kier alpha value is -3.88. The molecule has 0 radical (unpaired) electrons. The smallest absolute Gasteiger partial charge is 0.256 e. The molecule has 0 aliphatic carbocycles. The molecule has 0 saturated carbocycles. The van der Waals surface area contributed by atoms with Crippen LogP contribution >= 0.6 is 0 Å². The molecule has 4 aromatic rings. The lowest BCUT2D eigenvalue weighted by molar-refractivity contribution is 0.0685. The van der Waals surface area contributed by atoms with Crippen molar-refractivity contribution >= 4 is 5.91 Å². The van der Waals surface area contributed by atoms with Crippen LogP contribution in [0.2, 0.25) is 0 Å². The maximum Gasteiger partial charge on any atom is 0.256 e. The van der Waals surface area contributed by atoms with Gasteiger partial charge < -0.3 is 4.90 Å². The van der Waals surface area contributed by atoms with E-state index < -0.39 is 0 Å². The number of aromatic nitrogens is 6. The van der Waals surface area contributed by atoms with Crippen LogP contribution < -0.4 is 0 Å². The predicted octanol–water partition coefficient (Wildman–Crippen LogP) is 3.52. The van der Waals surface area contributed by atoms with Gasteiger partial charge in [0.2, 0.25) is 0 Å². The molecule has 0 spiro atoms. The second kappa shape index (κ2) is 9.09. The van der Waals surface area contributed by atoms with E-state index in [9.17, 15) is 9.18 Å². The Balaban J connectivity index is 1.55. The lowest BCUT2D eigenvalue weighted by Gasteiger charge is -2.29. The maximum absolute atomic E-state index is 13.5. The van der Waals surface area contributed by atoms with Gasteiger partial charge in [0.15, 0.2) is 0 Å². The van der Waals surface area contributed by atoms with E-state index in [1.165, 1.54) is 17.1 Å². The number of benzene rings is 1. The number of hydrogen-bond acceptors (Lipinski definition) is 5. The SMILES string of the molecule is CCN(C(=O)c1cc(C)ccc1-n1nccn1)[C@H](C)Cn1ccc(-c2ccc(F)cn2)n1. The molecule has 4 rings (SSSR count). The largest absolute Gasteiger partial charge is 0.334 e. The highest BCUT2D eigenvalue weighted by Crippen LogP contribution is 2.20. The van der Waals surface area contributed by atoms with E-state index in [0.717, 1.165) is 5.56 Å². The van der Waals surface area contributed by atoms with E-state index in [4.69, 9.17) is 0 Å². The summed E-state index contributed by atoms with van der Waals surface area (Å²) in [7, 11) is 0. The van der Waals surface area contributed by atoms with Gasteiger partial charge in [0.05, 0.1) is 42.1 Å². The number of halogens is 1. The monoisotopic (exact) mass is 433 g/mol. The van der Waals surface area contributed by atoms with Crippen molar-refractivity contribution in [2.75, 3.05) is 6.54 Å². The maximum atomic E-state index is 13.5. The van der Waals surface area contributed by atoms with E-state index in [2.05, 4.69) is 20.3 Å². The van der Waals surface area contributed by atoms with E-state index >= 15 is 0 Å². The van der Waals surface area contributed by atoms with Gasteiger partial charge in [0.1, 0.15) is 11.5 Å². The van der Waals surface area contributed by atoms with Crippen LogP contribution in [0.1, 0.15) is 29.8 Å². The predicted molar refractivity (Wildman–Crippen MR) is 118 cm³/mol. The fourth-order valence-corrected chi connectivity index (χ4v) is 3.64. The molecule has 0 fully saturated rings. The number of carbonyl (C=O) groups excluding carboxylic acids is 1. The van der Waals surface area contributed by atoms with Gasteiger partial charge in [0.25, 0.3) is 5.91 Å². The van der Waals surface area contributed by atoms with Crippen molar-refractivity contribution in [1.82, 2.24) is 34.7 Å². The van der Waals surface area contributed by atoms with Crippen molar-refractivity contribution in [3.8, 4) is 17.1 Å². The standard InChI is InChI=1S/C23H24FN7O/c1-4-30(23(32)19-13-16(2)5-8-22(19)31-26-10-11-27-31)17(3)15-29-12-9-21(28-29)20-7-6-18(24)14-25-20/h5-14,17H,4,15H2,1-3H3/t17-/m1/s1. The highest BCUT2D eigenvalue weighted by Gasteiger charge is 2.24. The normalized spacial score (nSPS) is 12.0. The first-order chi connectivity index (χ1) is 15.5. The highest BCUT2D eigenvalue weighted by molar-refractivity contribution is 5.98. The molecule has 0 saturated heterocycles. The van der Waals surface area contributed by atoms with Crippen LogP contribution in [0, 0.1) is 12.7 Å². The third kappa shape index (κ3) is 4.41. The Morgan fingerprint density at radius 3 is 2.59 bits per heavy atom.